The summed E-state index contributed by atoms with van der Waals surface area (Å²) in [6.45, 7) is 13.0. The van der Waals surface area contributed by atoms with Crippen LogP contribution in [-0.4, -0.2) is 67.8 Å². The van der Waals surface area contributed by atoms with Gasteiger partial charge in [-0.2, -0.15) is 0 Å². The molecule has 1 rings (SSSR count). The van der Waals surface area contributed by atoms with Crippen LogP contribution in [0.5, 0.6) is 0 Å². The van der Waals surface area contributed by atoms with Gasteiger partial charge >= 0.3 is 0 Å². The van der Waals surface area contributed by atoms with Gasteiger partial charge in [-0.15, -0.1) is 0 Å². The van der Waals surface area contributed by atoms with Crippen molar-refractivity contribution in [3.05, 3.63) is 0 Å². The molecule has 1 saturated heterocycles. The van der Waals surface area contributed by atoms with Crippen molar-refractivity contribution in [2.24, 2.45) is 5.73 Å². The number of nitrogens with two attached hydrogens (primary N) is 1. The van der Waals surface area contributed by atoms with E-state index in [0.717, 1.165) is 26.2 Å². The molecule has 0 bridgehead atoms. The summed E-state index contributed by atoms with van der Waals surface area (Å²) in [5, 5.41) is 0. The van der Waals surface area contributed by atoms with Gasteiger partial charge in [0.2, 0.25) is 0 Å². The highest BCUT2D eigenvalue weighted by Crippen LogP contribution is 2.30. The van der Waals surface area contributed by atoms with Gasteiger partial charge in [0.15, 0.2) is 0 Å². The van der Waals surface area contributed by atoms with E-state index in [1.807, 2.05) is 0 Å². The van der Waals surface area contributed by atoms with Crippen LogP contribution in [0.15, 0.2) is 0 Å². The van der Waals surface area contributed by atoms with Crippen LogP contribution in [0.4, 0.5) is 0 Å². The predicted octanol–water partition coefficient (Wildman–Crippen LogP) is 1.94. The molecule has 0 radical (unpaired) electrons. The molecule has 1 aliphatic rings. The first kappa shape index (κ1) is 17.9. The number of hydrogen-bond acceptors (Lipinski definition) is 4. The van der Waals surface area contributed by atoms with Gasteiger partial charge in [0, 0.05) is 31.8 Å². The van der Waals surface area contributed by atoms with Gasteiger partial charge in [-0.25, -0.2) is 0 Å². The minimum absolute atomic E-state index is 0.165. The van der Waals surface area contributed by atoms with Crippen molar-refractivity contribution in [1.82, 2.24) is 9.80 Å². The Hall–Kier alpha value is -0.160. The molecular weight excluding hydrogens is 250 g/mol. The van der Waals surface area contributed by atoms with Gasteiger partial charge in [-0.3, -0.25) is 4.90 Å². The van der Waals surface area contributed by atoms with Crippen LogP contribution in [0.25, 0.3) is 0 Å². The Morgan fingerprint density at radius 1 is 1.30 bits per heavy atom. The molecule has 4 nitrogen and oxygen atoms in total. The summed E-state index contributed by atoms with van der Waals surface area (Å²) in [5.74, 6) is 0. The van der Waals surface area contributed by atoms with Crippen LogP contribution >= 0.6 is 0 Å². The topological polar surface area (TPSA) is 41.7 Å². The van der Waals surface area contributed by atoms with Crippen molar-refractivity contribution in [1.29, 1.82) is 0 Å². The average molecular weight is 285 g/mol. The fourth-order valence-electron chi connectivity index (χ4n) is 3.49. The standard InChI is InChI=1S/C16H35N3O/c1-5-15(3)19(12-13-20-4)16(14-17)8-7-10-18(6-2)11-9-16/h15H,5-14,17H2,1-4H3. The Bertz CT molecular complexity index is 262. The van der Waals surface area contributed by atoms with Crippen molar-refractivity contribution in [3.8, 4) is 0 Å². The molecule has 1 heterocycles. The molecule has 0 aromatic carbocycles. The third kappa shape index (κ3) is 4.42. The van der Waals surface area contributed by atoms with Crippen molar-refractivity contribution in [3.63, 3.8) is 0 Å². The minimum atomic E-state index is 0.165. The third-order valence-corrected chi connectivity index (χ3v) is 5.11. The van der Waals surface area contributed by atoms with E-state index >= 15 is 0 Å². The Balaban J connectivity index is 2.85. The molecule has 2 unspecified atom stereocenters. The lowest BCUT2D eigenvalue weighted by Crippen LogP contribution is -2.58. The fourth-order valence-corrected chi connectivity index (χ4v) is 3.49. The van der Waals surface area contributed by atoms with E-state index in [1.165, 1.54) is 38.8 Å². The van der Waals surface area contributed by atoms with Gasteiger partial charge in [-0.05, 0) is 52.2 Å². The highest BCUT2D eigenvalue weighted by atomic mass is 16.5. The number of likely N-dealkylation sites (tertiary alicyclic amines) is 1. The van der Waals surface area contributed by atoms with E-state index in [0.29, 0.717) is 6.04 Å². The van der Waals surface area contributed by atoms with Gasteiger partial charge in [0.1, 0.15) is 0 Å². The lowest BCUT2D eigenvalue weighted by atomic mass is 9.86. The average Bonchev–Trinajstić information content (AvgIpc) is 2.70. The van der Waals surface area contributed by atoms with E-state index in [9.17, 15) is 0 Å². The molecule has 0 amide bonds. The summed E-state index contributed by atoms with van der Waals surface area (Å²) in [7, 11) is 1.79. The van der Waals surface area contributed by atoms with Crippen LogP contribution in [0.2, 0.25) is 0 Å². The summed E-state index contributed by atoms with van der Waals surface area (Å²) >= 11 is 0. The fraction of sp³-hybridized carbons (Fsp3) is 1.00. The molecule has 0 aliphatic carbocycles. The summed E-state index contributed by atoms with van der Waals surface area (Å²) in [4.78, 5) is 5.19. The second-order valence-corrected chi connectivity index (χ2v) is 6.16. The van der Waals surface area contributed by atoms with Gasteiger partial charge in [0.05, 0.1) is 6.61 Å². The van der Waals surface area contributed by atoms with Crippen molar-refractivity contribution >= 4 is 0 Å². The van der Waals surface area contributed by atoms with Crippen LogP contribution < -0.4 is 5.73 Å². The van der Waals surface area contributed by atoms with E-state index in [-0.39, 0.29) is 5.54 Å². The highest BCUT2D eigenvalue weighted by Gasteiger charge is 2.38. The molecule has 0 aromatic rings. The van der Waals surface area contributed by atoms with E-state index in [4.69, 9.17) is 10.5 Å². The maximum atomic E-state index is 6.26. The monoisotopic (exact) mass is 285 g/mol. The number of methoxy groups -OCH3 is 1. The molecule has 1 fully saturated rings. The third-order valence-electron chi connectivity index (χ3n) is 5.11. The maximum Gasteiger partial charge on any atom is 0.0590 e. The molecule has 20 heavy (non-hydrogen) atoms. The number of ether oxygens (including phenoxy) is 1. The smallest absolute Gasteiger partial charge is 0.0590 e. The summed E-state index contributed by atoms with van der Waals surface area (Å²) in [6, 6.07) is 0.571. The summed E-state index contributed by atoms with van der Waals surface area (Å²) < 4.78 is 5.33. The largest absolute Gasteiger partial charge is 0.383 e. The zero-order valence-corrected chi connectivity index (χ0v) is 14.0. The van der Waals surface area contributed by atoms with Crippen molar-refractivity contribution in [2.45, 2.75) is 58.0 Å². The Kier molecular flexibility index (Phi) is 8.03. The molecule has 0 spiro atoms. The second-order valence-electron chi connectivity index (χ2n) is 6.16. The molecule has 2 atom stereocenters. The van der Waals surface area contributed by atoms with E-state index in [2.05, 4.69) is 30.6 Å². The Labute approximate surface area is 125 Å². The second kappa shape index (κ2) is 8.98. The van der Waals surface area contributed by atoms with Crippen LogP contribution in [0, 0.1) is 0 Å². The number of nitrogens with zero attached hydrogens (tertiary/aromatic N) is 2. The summed E-state index contributed by atoms with van der Waals surface area (Å²) in [5.41, 5.74) is 6.42. The van der Waals surface area contributed by atoms with Gasteiger partial charge in [0.25, 0.3) is 0 Å². The zero-order chi connectivity index (χ0) is 15.0. The van der Waals surface area contributed by atoms with E-state index < -0.39 is 0 Å². The molecular formula is C16H35N3O. The first-order valence-electron chi connectivity index (χ1n) is 8.31. The van der Waals surface area contributed by atoms with E-state index in [1.54, 1.807) is 7.11 Å². The minimum Gasteiger partial charge on any atom is -0.383 e. The number of rotatable bonds is 8. The first-order valence-corrected chi connectivity index (χ1v) is 8.31. The van der Waals surface area contributed by atoms with Crippen molar-refractivity contribution < 1.29 is 4.74 Å². The molecule has 4 heteroatoms. The quantitative estimate of drug-likeness (QED) is 0.740. The molecule has 120 valence electrons. The molecule has 1 aliphatic heterocycles. The van der Waals surface area contributed by atoms with Gasteiger partial charge in [-0.1, -0.05) is 13.8 Å². The highest BCUT2D eigenvalue weighted by molar-refractivity contribution is 4.96. The Morgan fingerprint density at radius 2 is 2.05 bits per heavy atom. The lowest BCUT2D eigenvalue weighted by Gasteiger charge is -2.46. The van der Waals surface area contributed by atoms with Crippen LogP contribution in [0.1, 0.15) is 46.5 Å². The predicted molar refractivity (Wildman–Crippen MR) is 86.1 cm³/mol. The molecule has 0 aromatic heterocycles. The normalized spacial score (nSPS) is 26.7. The Morgan fingerprint density at radius 3 is 2.60 bits per heavy atom. The van der Waals surface area contributed by atoms with Crippen molar-refractivity contribution in [2.75, 3.05) is 46.4 Å². The maximum absolute atomic E-state index is 6.26. The van der Waals surface area contributed by atoms with Crippen LogP contribution in [0.3, 0.4) is 0 Å². The SMILES string of the molecule is CCC(C)N(CCOC)C1(CN)CCCN(CC)CC1. The lowest BCUT2D eigenvalue weighted by molar-refractivity contribution is 0.0175. The zero-order valence-electron chi connectivity index (χ0n) is 14.0. The summed E-state index contributed by atoms with van der Waals surface area (Å²) in [6.07, 6.45) is 4.83. The van der Waals surface area contributed by atoms with Gasteiger partial charge < -0.3 is 15.4 Å². The molecule has 2 N–H and O–H groups in total. The van der Waals surface area contributed by atoms with Crippen LogP contribution in [-0.2, 0) is 4.74 Å². The number of hydrogen-bond donors (Lipinski definition) is 1. The molecule has 0 saturated carbocycles. The first-order chi connectivity index (χ1) is 9.63.